The van der Waals surface area contributed by atoms with Crippen LogP contribution in [0.2, 0.25) is 10.0 Å². The van der Waals surface area contributed by atoms with E-state index in [-0.39, 0.29) is 0 Å². The summed E-state index contributed by atoms with van der Waals surface area (Å²) >= 11 is 16.3. The van der Waals surface area contributed by atoms with Crippen LogP contribution in [-0.2, 0) is 0 Å². The van der Waals surface area contributed by atoms with E-state index in [2.05, 4.69) is 19.6 Å². The Labute approximate surface area is 124 Å². The summed E-state index contributed by atoms with van der Waals surface area (Å²) in [5.41, 5.74) is 7.00. The van der Waals surface area contributed by atoms with Gasteiger partial charge < -0.3 is 10.5 Å². The molecule has 0 unspecified atom stereocenters. The maximum Gasteiger partial charge on any atom is 0.156 e. The minimum Gasteiger partial charge on any atom is -0.490 e. The number of benzene rings is 1. The topological polar surface area (TPSA) is 35.2 Å². The molecule has 0 radical (unpaired) electrons. The third-order valence-electron chi connectivity index (χ3n) is 2.46. The molecular weight excluding hydrogens is 289 g/mol. The van der Waals surface area contributed by atoms with Crippen molar-refractivity contribution in [3.8, 4) is 5.75 Å². The first-order valence-electron chi connectivity index (χ1n) is 5.82. The van der Waals surface area contributed by atoms with Crippen molar-refractivity contribution in [3.05, 3.63) is 33.1 Å². The Hall–Kier alpha value is -0.510. The van der Waals surface area contributed by atoms with Crippen LogP contribution in [0.25, 0.3) is 5.70 Å². The van der Waals surface area contributed by atoms with Crippen LogP contribution < -0.4 is 10.5 Å². The number of rotatable bonds is 6. The lowest BCUT2D eigenvalue weighted by atomic mass is 10.2. The maximum atomic E-state index is 6.13. The van der Waals surface area contributed by atoms with Crippen molar-refractivity contribution in [2.45, 2.75) is 26.2 Å². The van der Waals surface area contributed by atoms with Crippen LogP contribution in [0.3, 0.4) is 0 Å². The molecule has 5 heteroatoms. The molecule has 18 heavy (non-hydrogen) atoms. The average molecular weight is 306 g/mol. The predicted octanol–water partition coefficient (Wildman–Crippen LogP) is 4.75. The summed E-state index contributed by atoms with van der Waals surface area (Å²) in [6.07, 6.45) is 3.26. The first kappa shape index (κ1) is 15.5. The molecule has 0 fully saturated rings. The van der Waals surface area contributed by atoms with E-state index in [1.54, 1.807) is 12.1 Å². The van der Waals surface area contributed by atoms with Crippen molar-refractivity contribution >= 4 is 41.5 Å². The zero-order chi connectivity index (χ0) is 13.5. The van der Waals surface area contributed by atoms with Gasteiger partial charge in [-0.15, -0.1) is 12.6 Å². The number of hydrogen-bond donors (Lipinski definition) is 2. The van der Waals surface area contributed by atoms with Crippen molar-refractivity contribution < 1.29 is 4.74 Å². The molecule has 2 nitrogen and oxygen atoms in total. The quantitative estimate of drug-likeness (QED) is 0.587. The molecule has 1 aromatic rings. The second-order valence-electron chi connectivity index (χ2n) is 3.91. The first-order valence-corrected chi connectivity index (χ1v) is 7.09. The summed E-state index contributed by atoms with van der Waals surface area (Å²) in [6, 6.07) is 3.45. The minimum atomic E-state index is 0.465. The van der Waals surface area contributed by atoms with Crippen molar-refractivity contribution in [2.75, 3.05) is 6.61 Å². The Balaban J connectivity index is 2.81. The van der Waals surface area contributed by atoms with Gasteiger partial charge in [-0.05, 0) is 24.0 Å². The third-order valence-corrected chi connectivity index (χ3v) is 3.30. The SMILES string of the molecule is CCCCCOc1c(Cl)cc(/C(N)=C/S)cc1Cl. The Morgan fingerprint density at radius 3 is 2.44 bits per heavy atom. The standard InChI is InChI=1S/C13H17Cl2NOS/c1-2-3-4-5-17-13-10(14)6-9(7-11(13)15)12(16)8-18/h6-8,18H,2-5,16H2,1H3/b12-8-. The second kappa shape index (κ2) is 7.82. The largest absolute Gasteiger partial charge is 0.490 e. The van der Waals surface area contributed by atoms with E-state index < -0.39 is 0 Å². The monoisotopic (exact) mass is 305 g/mol. The van der Waals surface area contributed by atoms with Gasteiger partial charge in [0.2, 0.25) is 0 Å². The van der Waals surface area contributed by atoms with Crippen LogP contribution in [0, 0.1) is 0 Å². The molecule has 1 aromatic carbocycles. The van der Waals surface area contributed by atoms with Gasteiger partial charge in [0, 0.05) is 11.3 Å². The lowest BCUT2D eigenvalue weighted by Crippen LogP contribution is -2.00. The van der Waals surface area contributed by atoms with E-state index in [4.69, 9.17) is 33.7 Å². The molecule has 0 saturated carbocycles. The first-order chi connectivity index (χ1) is 8.60. The fraction of sp³-hybridized carbons (Fsp3) is 0.385. The van der Waals surface area contributed by atoms with E-state index >= 15 is 0 Å². The molecule has 0 spiro atoms. The summed E-state index contributed by atoms with van der Waals surface area (Å²) in [5.74, 6) is 0.519. The van der Waals surface area contributed by atoms with Gasteiger partial charge in [-0.1, -0.05) is 43.0 Å². The number of unbranched alkanes of at least 4 members (excludes halogenated alkanes) is 2. The minimum absolute atomic E-state index is 0.465. The summed E-state index contributed by atoms with van der Waals surface area (Å²) in [6.45, 7) is 2.76. The number of hydrogen-bond acceptors (Lipinski definition) is 3. The highest BCUT2D eigenvalue weighted by Crippen LogP contribution is 2.35. The number of nitrogens with two attached hydrogens (primary N) is 1. The van der Waals surface area contributed by atoms with Gasteiger partial charge >= 0.3 is 0 Å². The Morgan fingerprint density at radius 2 is 1.94 bits per heavy atom. The highest BCUT2D eigenvalue weighted by Gasteiger charge is 2.10. The Morgan fingerprint density at radius 1 is 1.33 bits per heavy atom. The lowest BCUT2D eigenvalue weighted by molar-refractivity contribution is 0.306. The molecule has 2 N–H and O–H groups in total. The Kier molecular flexibility index (Phi) is 6.76. The molecule has 0 aliphatic carbocycles. The Bertz CT molecular complexity index is 412. The molecule has 1 rings (SSSR count). The summed E-state index contributed by atoms with van der Waals surface area (Å²) < 4.78 is 5.59. The average Bonchev–Trinajstić information content (AvgIpc) is 2.35. The van der Waals surface area contributed by atoms with Gasteiger partial charge in [-0.3, -0.25) is 0 Å². The molecule has 0 atom stereocenters. The van der Waals surface area contributed by atoms with E-state index in [9.17, 15) is 0 Å². The maximum absolute atomic E-state index is 6.13. The van der Waals surface area contributed by atoms with Crippen molar-refractivity contribution in [2.24, 2.45) is 5.73 Å². The smallest absolute Gasteiger partial charge is 0.156 e. The molecular formula is C13H17Cl2NOS. The molecule has 100 valence electrons. The van der Waals surface area contributed by atoms with E-state index in [1.165, 1.54) is 5.41 Å². The molecule has 0 saturated heterocycles. The van der Waals surface area contributed by atoms with Crippen LogP contribution >= 0.6 is 35.8 Å². The molecule has 0 aliphatic rings. The number of ether oxygens (including phenoxy) is 1. The predicted molar refractivity (Wildman–Crippen MR) is 82.6 cm³/mol. The lowest BCUT2D eigenvalue weighted by Gasteiger charge is -2.11. The molecule has 0 aliphatic heterocycles. The fourth-order valence-electron chi connectivity index (χ4n) is 1.47. The van der Waals surface area contributed by atoms with Gasteiger partial charge in [-0.25, -0.2) is 0 Å². The van der Waals surface area contributed by atoms with Gasteiger partial charge in [-0.2, -0.15) is 0 Å². The molecule has 0 heterocycles. The van der Waals surface area contributed by atoms with E-state index in [0.29, 0.717) is 28.1 Å². The van der Waals surface area contributed by atoms with Crippen LogP contribution in [0.1, 0.15) is 31.7 Å². The molecule has 0 bridgehead atoms. The van der Waals surface area contributed by atoms with Crippen LogP contribution in [0.5, 0.6) is 5.75 Å². The highest BCUT2D eigenvalue weighted by atomic mass is 35.5. The van der Waals surface area contributed by atoms with E-state index in [1.807, 2.05) is 0 Å². The van der Waals surface area contributed by atoms with Crippen molar-refractivity contribution in [1.29, 1.82) is 0 Å². The third kappa shape index (κ3) is 4.30. The van der Waals surface area contributed by atoms with Gasteiger partial charge in [0.05, 0.1) is 16.7 Å². The van der Waals surface area contributed by atoms with Crippen molar-refractivity contribution in [3.63, 3.8) is 0 Å². The molecule has 0 aromatic heterocycles. The highest BCUT2D eigenvalue weighted by molar-refractivity contribution is 7.83. The van der Waals surface area contributed by atoms with Crippen molar-refractivity contribution in [1.82, 2.24) is 0 Å². The number of thiol groups is 1. The molecule has 0 amide bonds. The van der Waals surface area contributed by atoms with Crippen LogP contribution in [0.15, 0.2) is 17.5 Å². The van der Waals surface area contributed by atoms with E-state index in [0.717, 1.165) is 24.8 Å². The normalized spacial score (nSPS) is 11.7. The summed E-state index contributed by atoms with van der Waals surface area (Å²) in [4.78, 5) is 0. The fourth-order valence-corrected chi connectivity index (χ4v) is 2.21. The van der Waals surface area contributed by atoms with Gasteiger partial charge in [0.15, 0.2) is 5.75 Å². The van der Waals surface area contributed by atoms with Crippen LogP contribution in [-0.4, -0.2) is 6.61 Å². The second-order valence-corrected chi connectivity index (χ2v) is 4.98. The zero-order valence-corrected chi connectivity index (χ0v) is 12.7. The zero-order valence-electron chi connectivity index (χ0n) is 10.2. The number of halogens is 2. The summed E-state index contributed by atoms with van der Waals surface area (Å²) in [5, 5.41) is 2.43. The van der Waals surface area contributed by atoms with Gasteiger partial charge in [0.1, 0.15) is 0 Å². The summed E-state index contributed by atoms with van der Waals surface area (Å²) in [7, 11) is 0. The van der Waals surface area contributed by atoms with Crippen LogP contribution in [0.4, 0.5) is 0 Å². The van der Waals surface area contributed by atoms with Gasteiger partial charge in [0.25, 0.3) is 0 Å².